The van der Waals surface area contributed by atoms with Crippen molar-refractivity contribution in [2.75, 3.05) is 5.32 Å². The van der Waals surface area contributed by atoms with Crippen molar-refractivity contribution >= 4 is 17.3 Å². The predicted molar refractivity (Wildman–Crippen MR) is 77.1 cm³/mol. The monoisotopic (exact) mass is 283 g/mol. The Labute approximate surface area is 120 Å². The number of nitrogens with zero attached hydrogens (tertiary/aromatic N) is 4. The first-order valence-electron chi connectivity index (χ1n) is 7.05. The zero-order valence-electron chi connectivity index (χ0n) is 11.4. The number of anilines is 2. The van der Waals surface area contributed by atoms with E-state index in [1.54, 1.807) is 16.6 Å². The van der Waals surface area contributed by atoms with Crippen molar-refractivity contribution in [3.63, 3.8) is 0 Å². The highest BCUT2D eigenvalue weighted by Crippen LogP contribution is 2.29. The number of aryl methyl sites for hydroxylation is 1. The molecule has 5 nitrogen and oxygen atoms in total. The summed E-state index contributed by atoms with van der Waals surface area (Å²) in [6.07, 6.45) is 5.75. The summed E-state index contributed by atoms with van der Waals surface area (Å²) in [5, 5.41) is 7.59. The SMILES string of the molecule is Fc1ccc(Nc2c3c(nc4ncnn24)CCCC3)cc1. The van der Waals surface area contributed by atoms with Crippen LogP contribution in [0.4, 0.5) is 15.9 Å². The lowest BCUT2D eigenvalue weighted by Crippen LogP contribution is -2.13. The highest BCUT2D eigenvalue weighted by molar-refractivity contribution is 5.63. The molecule has 1 aliphatic carbocycles. The molecule has 0 radical (unpaired) electrons. The molecule has 0 unspecified atom stereocenters. The Bertz CT molecular complexity index is 794. The molecular formula is C15H14FN5. The van der Waals surface area contributed by atoms with Crippen molar-refractivity contribution in [1.82, 2.24) is 19.6 Å². The van der Waals surface area contributed by atoms with E-state index in [2.05, 4.69) is 20.4 Å². The number of nitrogens with one attached hydrogen (secondary N) is 1. The lowest BCUT2D eigenvalue weighted by atomic mass is 9.96. The van der Waals surface area contributed by atoms with E-state index in [1.807, 2.05) is 0 Å². The van der Waals surface area contributed by atoms with Gasteiger partial charge in [-0.3, -0.25) is 0 Å². The van der Waals surface area contributed by atoms with E-state index in [0.29, 0.717) is 5.78 Å². The normalized spacial score (nSPS) is 14.1. The molecule has 3 aromatic rings. The van der Waals surface area contributed by atoms with E-state index in [0.717, 1.165) is 42.9 Å². The Morgan fingerprint density at radius 1 is 1.10 bits per heavy atom. The number of benzene rings is 1. The Hall–Kier alpha value is -2.50. The van der Waals surface area contributed by atoms with E-state index < -0.39 is 0 Å². The van der Waals surface area contributed by atoms with Crippen LogP contribution < -0.4 is 5.32 Å². The van der Waals surface area contributed by atoms with Crippen LogP contribution in [0.15, 0.2) is 30.6 Å². The van der Waals surface area contributed by atoms with Gasteiger partial charge in [0.1, 0.15) is 18.0 Å². The summed E-state index contributed by atoms with van der Waals surface area (Å²) in [5.41, 5.74) is 3.10. The molecule has 1 N–H and O–H groups in total. The number of aromatic nitrogens is 4. The van der Waals surface area contributed by atoms with Crippen LogP contribution in [0, 0.1) is 5.82 Å². The summed E-state index contributed by atoms with van der Waals surface area (Å²) in [6.45, 7) is 0. The van der Waals surface area contributed by atoms with Gasteiger partial charge in [-0.05, 0) is 49.9 Å². The van der Waals surface area contributed by atoms with Gasteiger partial charge in [-0.25, -0.2) is 9.37 Å². The van der Waals surface area contributed by atoms with Crippen LogP contribution >= 0.6 is 0 Å². The molecule has 0 bridgehead atoms. The molecule has 0 atom stereocenters. The molecule has 21 heavy (non-hydrogen) atoms. The fourth-order valence-corrected chi connectivity index (χ4v) is 2.78. The van der Waals surface area contributed by atoms with Crippen LogP contribution in [-0.2, 0) is 12.8 Å². The number of hydrogen-bond acceptors (Lipinski definition) is 4. The van der Waals surface area contributed by atoms with Crippen LogP contribution in [0.25, 0.3) is 5.78 Å². The molecule has 0 fully saturated rings. The lowest BCUT2D eigenvalue weighted by molar-refractivity contribution is 0.628. The maximum atomic E-state index is 13.0. The number of hydrogen-bond donors (Lipinski definition) is 1. The van der Waals surface area contributed by atoms with Gasteiger partial charge in [-0.2, -0.15) is 14.6 Å². The van der Waals surface area contributed by atoms with E-state index >= 15 is 0 Å². The summed E-state index contributed by atoms with van der Waals surface area (Å²) in [7, 11) is 0. The molecule has 0 aliphatic heterocycles. The molecule has 1 aromatic carbocycles. The van der Waals surface area contributed by atoms with E-state index in [1.165, 1.54) is 24.0 Å². The van der Waals surface area contributed by atoms with Crippen molar-refractivity contribution < 1.29 is 4.39 Å². The lowest BCUT2D eigenvalue weighted by Gasteiger charge is -2.19. The van der Waals surface area contributed by atoms with Crippen molar-refractivity contribution in [2.24, 2.45) is 0 Å². The van der Waals surface area contributed by atoms with E-state index in [4.69, 9.17) is 0 Å². The number of fused-ring (bicyclic) bond motifs is 2. The van der Waals surface area contributed by atoms with Crippen LogP contribution in [0.1, 0.15) is 24.1 Å². The molecule has 0 spiro atoms. The fourth-order valence-electron chi connectivity index (χ4n) is 2.78. The zero-order valence-corrected chi connectivity index (χ0v) is 11.4. The highest BCUT2D eigenvalue weighted by Gasteiger charge is 2.19. The largest absolute Gasteiger partial charge is 0.340 e. The van der Waals surface area contributed by atoms with E-state index in [-0.39, 0.29) is 5.82 Å². The first-order chi connectivity index (χ1) is 10.3. The minimum Gasteiger partial charge on any atom is -0.340 e. The van der Waals surface area contributed by atoms with Gasteiger partial charge in [0.15, 0.2) is 0 Å². The van der Waals surface area contributed by atoms with Crippen molar-refractivity contribution in [2.45, 2.75) is 25.7 Å². The van der Waals surface area contributed by atoms with Crippen LogP contribution in [0.2, 0.25) is 0 Å². The first-order valence-corrected chi connectivity index (χ1v) is 7.05. The minimum atomic E-state index is -0.247. The van der Waals surface area contributed by atoms with Gasteiger partial charge < -0.3 is 5.32 Å². The summed E-state index contributed by atoms with van der Waals surface area (Å²) in [6, 6.07) is 6.31. The topological polar surface area (TPSA) is 55.1 Å². The standard InChI is InChI=1S/C15H14FN5/c16-10-5-7-11(8-6-10)19-14-12-3-1-2-4-13(12)20-15-17-9-18-21(14)15/h5-9,19H,1-4H2. The van der Waals surface area contributed by atoms with Gasteiger partial charge in [0, 0.05) is 11.3 Å². The third-order valence-corrected chi connectivity index (χ3v) is 3.81. The van der Waals surface area contributed by atoms with E-state index in [9.17, 15) is 4.39 Å². The van der Waals surface area contributed by atoms with Crippen LogP contribution in [0.3, 0.4) is 0 Å². The molecule has 0 saturated carbocycles. The predicted octanol–water partition coefficient (Wildman–Crippen LogP) is 2.89. The van der Waals surface area contributed by atoms with Crippen LogP contribution in [0.5, 0.6) is 0 Å². The molecule has 6 heteroatoms. The van der Waals surface area contributed by atoms with Crippen LogP contribution in [-0.4, -0.2) is 19.6 Å². The highest BCUT2D eigenvalue weighted by atomic mass is 19.1. The fraction of sp³-hybridized carbons (Fsp3) is 0.267. The number of rotatable bonds is 2. The Balaban J connectivity index is 1.85. The molecule has 106 valence electrons. The van der Waals surface area contributed by atoms with Gasteiger partial charge in [0.25, 0.3) is 5.78 Å². The summed E-state index contributed by atoms with van der Waals surface area (Å²) < 4.78 is 14.8. The van der Waals surface area contributed by atoms with Crippen molar-refractivity contribution in [1.29, 1.82) is 0 Å². The Morgan fingerprint density at radius 3 is 2.76 bits per heavy atom. The first kappa shape index (κ1) is 12.3. The van der Waals surface area contributed by atoms with Gasteiger partial charge in [-0.15, -0.1) is 0 Å². The van der Waals surface area contributed by atoms with Crippen molar-refractivity contribution in [3.05, 3.63) is 47.7 Å². The average molecular weight is 283 g/mol. The van der Waals surface area contributed by atoms with Gasteiger partial charge in [0.2, 0.25) is 0 Å². The third kappa shape index (κ3) is 2.12. The molecule has 1 aliphatic rings. The van der Waals surface area contributed by atoms with Crippen molar-refractivity contribution in [3.8, 4) is 0 Å². The third-order valence-electron chi connectivity index (χ3n) is 3.81. The molecule has 2 aromatic heterocycles. The molecule has 4 rings (SSSR count). The second kappa shape index (κ2) is 4.80. The van der Waals surface area contributed by atoms with Gasteiger partial charge in [-0.1, -0.05) is 0 Å². The quantitative estimate of drug-likeness (QED) is 0.785. The smallest absolute Gasteiger partial charge is 0.254 e. The Morgan fingerprint density at radius 2 is 1.90 bits per heavy atom. The maximum absolute atomic E-state index is 13.0. The summed E-state index contributed by atoms with van der Waals surface area (Å²) >= 11 is 0. The van der Waals surface area contributed by atoms with Gasteiger partial charge >= 0.3 is 0 Å². The molecular weight excluding hydrogens is 269 g/mol. The van der Waals surface area contributed by atoms with Gasteiger partial charge in [0.05, 0.1) is 5.69 Å². The molecule has 0 saturated heterocycles. The second-order valence-corrected chi connectivity index (χ2v) is 5.20. The Kier molecular flexibility index (Phi) is 2.80. The second-order valence-electron chi connectivity index (χ2n) is 5.20. The summed E-state index contributed by atoms with van der Waals surface area (Å²) in [4.78, 5) is 8.77. The zero-order chi connectivity index (χ0) is 14.2. The number of halogens is 1. The molecule has 2 heterocycles. The summed E-state index contributed by atoms with van der Waals surface area (Å²) in [5.74, 6) is 1.24. The molecule has 0 amide bonds. The average Bonchev–Trinajstić information content (AvgIpc) is 2.97. The minimum absolute atomic E-state index is 0.247. The maximum Gasteiger partial charge on any atom is 0.254 e.